The molecule has 0 bridgehead atoms. The monoisotopic (exact) mass is 905 g/mol. The van der Waals surface area contributed by atoms with Crippen LogP contribution in [0.3, 0.4) is 0 Å². The molecule has 271 valence electrons. The first-order valence-electron chi connectivity index (χ1n) is 17.6. The number of fused-ring (bicyclic) bond motifs is 2. The average Bonchev–Trinajstić information content (AvgIpc) is 3.66. The summed E-state index contributed by atoms with van der Waals surface area (Å²) in [6.07, 6.45) is 6.91. The minimum atomic E-state index is -0.318. The van der Waals surface area contributed by atoms with E-state index in [0.29, 0.717) is 5.92 Å². The number of aromatic nitrogens is 1. The first-order chi connectivity index (χ1) is 23.0. The van der Waals surface area contributed by atoms with Crippen LogP contribution in [0.1, 0.15) is 105 Å². The van der Waals surface area contributed by atoms with E-state index in [-0.39, 0.29) is 48.4 Å². The molecule has 50 heavy (non-hydrogen) atoms. The van der Waals surface area contributed by atoms with E-state index in [1.54, 1.807) is 11.3 Å². The molecule has 3 nitrogen and oxygen atoms in total. The number of thiophene rings is 2. The number of hydrogen-bond donors (Lipinski definition) is 2. The topological polar surface area (TPSA) is 50.2 Å². The second kappa shape index (κ2) is 17.5. The number of rotatable bonds is 10. The number of benzene rings is 2. The number of carbonyl (C=O) groups excluding carboxylic acids is 1. The molecule has 0 spiro atoms. The second-order valence-corrected chi connectivity index (χ2v) is 17.6. The molecule has 1 unspecified atom stereocenters. The van der Waals surface area contributed by atoms with Gasteiger partial charge in [0.2, 0.25) is 0 Å². The zero-order valence-corrected chi connectivity index (χ0v) is 36.5. The van der Waals surface area contributed by atoms with Gasteiger partial charge in [0.1, 0.15) is 0 Å². The number of ketones is 1. The fraction of sp³-hybridized carbons (Fsp3) is 0.442. The predicted molar refractivity (Wildman–Crippen MR) is 218 cm³/mol. The largest absolute Gasteiger partial charge is 0.512 e. The molecule has 0 fully saturated rings. The summed E-state index contributed by atoms with van der Waals surface area (Å²) in [4.78, 5) is 19.0. The van der Waals surface area contributed by atoms with Crippen molar-refractivity contribution >= 4 is 61.3 Å². The standard InChI is InChI=1S/C30H30NS3.C13H24O2.Ir/c1-17(2)13-23-18(3)34-26-8-7-19(15-24(23)26)22-9-11-31-27(28(22)32)21-14-20-10-12-33-29(20)25(16-21)30(4,5)6;1-6-10(4)11(14)9-12(15)13(5,7-2)8-3;/h7-12,15-17,32H,13H2,1-6H3;9-10,14H,6-8H2,1-5H3;/q-1;;/b;11-9-;. The Kier molecular flexibility index (Phi) is 14.7. The summed E-state index contributed by atoms with van der Waals surface area (Å²) in [5, 5.41) is 14.4. The van der Waals surface area contributed by atoms with E-state index in [4.69, 9.17) is 17.6 Å². The molecule has 0 aliphatic rings. The van der Waals surface area contributed by atoms with E-state index in [2.05, 4.69) is 89.4 Å². The third kappa shape index (κ3) is 9.38. The van der Waals surface area contributed by atoms with Gasteiger partial charge in [0.25, 0.3) is 0 Å². The molecular weight excluding hydrogens is 851 g/mol. The summed E-state index contributed by atoms with van der Waals surface area (Å²) in [5.74, 6) is 0.973. The van der Waals surface area contributed by atoms with Crippen molar-refractivity contribution in [1.82, 2.24) is 4.98 Å². The fourth-order valence-electron chi connectivity index (χ4n) is 5.93. The molecule has 0 saturated heterocycles. The van der Waals surface area contributed by atoms with Crippen LogP contribution in [-0.2, 0) is 36.7 Å². The molecule has 7 heteroatoms. The summed E-state index contributed by atoms with van der Waals surface area (Å²) < 4.78 is 2.67. The first kappa shape index (κ1) is 42.1. The van der Waals surface area contributed by atoms with Crippen LogP contribution in [-0.4, -0.2) is 15.9 Å². The van der Waals surface area contributed by atoms with Crippen LogP contribution in [0.15, 0.2) is 64.7 Å². The molecule has 0 aliphatic heterocycles. The van der Waals surface area contributed by atoms with Gasteiger partial charge in [-0.05, 0) is 94.3 Å². The molecule has 2 aromatic carbocycles. The van der Waals surface area contributed by atoms with Crippen LogP contribution in [0.25, 0.3) is 42.6 Å². The molecule has 0 aliphatic carbocycles. The average molecular weight is 905 g/mol. The molecule has 1 atom stereocenters. The van der Waals surface area contributed by atoms with Crippen molar-refractivity contribution in [2.24, 2.45) is 17.3 Å². The van der Waals surface area contributed by atoms with E-state index >= 15 is 0 Å². The van der Waals surface area contributed by atoms with Gasteiger partial charge in [0, 0.05) is 63.9 Å². The van der Waals surface area contributed by atoms with Gasteiger partial charge in [0.15, 0.2) is 5.78 Å². The second-order valence-electron chi connectivity index (χ2n) is 15.0. The van der Waals surface area contributed by atoms with Gasteiger partial charge in [-0.2, -0.15) is 11.3 Å². The third-order valence-corrected chi connectivity index (χ3v) is 12.5. The Morgan fingerprint density at radius 2 is 1.72 bits per heavy atom. The van der Waals surface area contributed by atoms with E-state index in [1.807, 2.05) is 52.2 Å². The number of aryl methyl sites for hydroxylation is 1. The van der Waals surface area contributed by atoms with Crippen molar-refractivity contribution < 1.29 is 30.0 Å². The Morgan fingerprint density at radius 1 is 1.04 bits per heavy atom. The van der Waals surface area contributed by atoms with Gasteiger partial charge in [-0.1, -0.05) is 86.4 Å². The van der Waals surface area contributed by atoms with Crippen molar-refractivity contribution in [2.45, 2.75) is 112 Å². The van der Waals surface area contributed by atoms with Crippen molar-refractivity contribution in [3.8, 4) is 22.4 Å². The molecule has 5 aromatic rings. The van der Waals surface area contributed by atoms with Crippen LogP contribution in [0, 0.1) is 30.2 Å². The normalized spacial score (nSPS) is 12.9. The summed E-state index contributed by atoms with van der Waals surface area (Å²) in [7, 11) is 0. The zero-order chi connectivity index (χ0) is 36.3. The first-order valence-corrected chi connectivity index (χ1v) is 19.8. The molecular formula is C43H54IrNO2S3-. The number of pyridine rings is 1. The summed E-state index contributed by atoms with van der Waals surface area (Å²) in [6, 6.07) is 17.0. The van der Waals surface area contributed by atoms with Crippen molar-refractivity contribution in [2.75, 3.05) is 0 Å². The van der Waals surface area contributed by atoms with Crippen LogP contribution in [0.2, 0.25) is 0 Å². The van der Waals surface area contributed by atoms with E-state index in [1.165, 1.54) is 42.4 Å². The van der Waals surface area contributed by atoms with E-state index in [9.17, 15) is 9.90 Å². The van der Waals surface area contributed by atoms with Gasteiger partial charge in [-0.25, -0.2) is 0 Å². The van der Waals surface area contributed by atoms with Gasteiger partial charge in [0.05, 0.1) is 5.76 Å². The molecule has 5 rings (SSSR count). The number of aliphatic hydroxyl groups is 1. The van der Waals surface area contributed by atoms with Crippen molar-refractivity contribution in [3.63, 3.8) is 0 Å². The zero-order valence-electron chi connectivity index (χ0n) is 31.6. The van der Waals surface area contributed by atoms with Crippen molar-refractivity contribution in [1.29, 1.82) is 0 Å². The number of carbonyl (C=O) groups is 1. The predicted octanol–water partition coefficient (Wildman–Crippen LogP) is 13.6. The van der Waals surface area contributed by atoms with Crippen molar-refractivity contribution in [3.05, 3.63) is 81.9 Å². The van der Waals surface area contributed by atoms with Crippen LogP contribution in [0.4, 0.5) is 0 Å². The Bertz CT molecular complexity index is 1960. The Hall–Kier alpha value is -2.28. The summed E-state index contributed by atoms with van der Waals surface area (Å²) in [6.45, 7) is 23.5. The van der Waals surface area contributed by atoms with Gasteiger partial charge in [-0.15, -0.1) is 47.6 Å². The molecule has 1 radical (unpaired) electrons. The SMILES string of the molecule is CCC(C)/C(O)=C/C(=O)C(C)(CC)CC.Cc1sc2ccc(-c3ccnc(-c4[c-]c5ccsc5c(C(C)(C)C)c4)c3S)cc2c1CC(C)C.[Ir]. The smallest absolute Gasteiger partial charge is 0.164 e. The molecule has 0 saturated carbocycles. The van der Waals surface area contributed by atoms with E-state index < -0.39 is 0 Å². The Balaban J connectivity index is 0.000000361. The van der Waals surface area contributed by atoms with Crippen LogP contribution >= 0.6 is 35.3 Å². The minimum absolute atomic E-state index is 0. The van der Waals surface area contributed by atoms with Gasteiger partial charge < -0.3 is 5.11 Å². The molecule has 3 aromatic heterocycles. The van der Waals surface area contributed by atoms with Crippen LogP contribution < -0.4 is 0 Å². The third-order valence-electron chi connectivity index (χ3n) is 9.92. The van der Waals surface area contributed by atoms with Gasteiger partial charge in [-0.3, -0.25) is 9.78 Å². The fourth-order valence-corrected chi connectivity index (χ4v) is 8.47. The number of thiol groups is 1. The number of allylic oxidation sites excluding steroid dienone is 2. The summed E-state index contributed by atoms with van der Waals surface area (Å²) >= 11 is 8.71. The Labute approximate surface area is 327 Å². The Morgan fingerprint density at radius 3 is 2.32 bits per heavy atom. The number of aliphatic hydroxyl groups excluding tert-OH is 1. The van der Waals surface area contributed by atoms with Gasteiger partial charge >= 0.3 is 0 Å². The maximum atomic E-state index is 11.9. The number of hydrogen-bond acceptors (Lipinski definition) is 6. The minimum Gasteiger partial charge on any atom is -0.512 e. The quantitative estimate of drug-likeness (QED) is 0.0635. The van der Waals surface area contributed by atoms with E-state index in [0.717, 1.165) is 52.8 Å². The number of nitrogens with zero attached hydrogens (tertiary/aromatic N) is 1. The summed E-state index contributed by atoms with van der Waals surface area (Å²) in [5.41, 5.74) is 6.75. The van der Waals surface area contributed by atoms with Crippen LogP contribution in [0.5, 0.6) is 0 Å². The maximum absolute atomic E-state index is 11.9. The molecule has 1 N–H and O–H groups in total. The molecule has 3 heterocycles. The maximum Gasteiger partial charge on any atom is 0.164 e. The molecule has 0 amide bonds.